The maximum absolute atomic E-state index is 12.8. The van der Waals surface area contributed by atoms with Gasteiger partial charge in [0.2, 0.25) is 0 Å². The van der Waals surface area contributed by atoms with E-state index in [4.69, 9.17) is 0 Å². The molecule has 1 N–H and O–H groups in total. The van der Waals surface area contributed by atoms with Crippen LogP contribution in [0.5, 0.6) is 0 Å². The van der Waals surface area contributed by atoms with Crippen LogP contribution in [-0.4, -0.2) is 11.9 Å². The minimum atomic E-state index is -0.192. The van der Waals surface area contributed by atoms with E-state index in [0.717, 1.165) is 24.4 Å². The highest BCUT2D eigenvalue weighted by atomic mass is 19.1. The van der Waals surface area contributed by atoms with Gasteiger partial charge >= 0.3 is 0 Å². The van der Waals surface area contributed by atoms with E-state index >= 15 is 0 Å². The molecule has 2 rings (SSSR count). The van der Waals surface area contributed by atoms with Gasteiger partial charge in [-0.2, -0.15) is 0 Å². The van der Waals surface area contributed by atoms with Crippen molar-refractivity contribution < 1.29 is 4.39 Å². The van der Waals surface area contributed by atoms with Crippen LogP contribution < -0.4 is 5.32 Å². The first-order chi connectivity index (χ1) is 7.79. The zero-order valence-electron chi connectivity index (χ0n) is 9.28. The molecule has 1 aromatic rings. The van der Waals surface area contributed by atoms with Crippen molar-refractivity contribution in [2.75, 3.05) is 7.05 Å². The second kappa shape index (κ2) is 4.84. The quantitative estimate of drug-likeness (QED) is 0.839. The molecule has 1 heterocycles. The molecule has 0 fully saturated rings. The van der Waals surface area contributed by atoms with E-state index in [9.17, 15) is 4.39 Å². The zero-order chi connectivity index (χ0) is 11.4. The van der Waals surface area contributed by atoms with Gasteiger partial charge in [0.25, 0.3) is 0 Å². The molecule has 2 nitrogen and oxygen atoms in total. The summed E-state index contributed by atoms with van der Waals surface area (Å²) in [7, 11) is 1.91. The molecular weight excluding hydrogens is 203 g/mol. The number of hydrogen-bond donors (Lipinski definition) is 1. The first-order valence-electron chi connectivity index (χ1n) is 5.35. The number of hydrogen-bond acceptors (Lipinski definition) is 2. The molecule has 0 amide bonds. The van der Waals surface area contributed by atoms with Crippen molar-refractivity contribution in [2.45, 2.75) is 13.0 Å². The van der Waals surface area contributed by atoms with Crippen molar-refractivity contribution >= 4 is 0 Å². The van der Waals surface area contributed by atoms with Crippen LogP contribution in [0.25, 0.3) is 0 Å². The van der Waals surface area contributed by atoms with Crippen molar-refractivity contribution in [3.63, 3.8) is 0 Å². The summed E-state index contributed by atoms with van der Waals surface area (Å²) in [5.74, 6) is 0.897. The summed E-state index contributed by atoms with van der Waals surface area (Å²) >= 11 is 0. The fraction of sp³-hybridized carbons (Fsp3) is 0.231. The van der Waals surface area contributed by atoms with Crippen molar-refractivity contribution in [2.24, 2.45) is 0 Å². The molecule has 0 radical (unpaired) electrons. The molecule has 0 bridgehead atoms. The molecule has 0 atom stereocenters. The van der Waals surface area contributed by atoms with Gasteiger partial charge in [-0.05, 0) is 30.2 Å². The predicted octanol–water partition coefficient (Wildman–Crippen LogP) is 2.61. The lowest BCUT2D eigenvalue weighted by Crippen LogP contribution is -2.26. The van der Waals surface area contributed by atoms with Gasteiger partial charge in [-0.3, -0.25) is 0 Å². The maximum atomic E-state index is 12.8. The standard InChI is InChI=1S/C13H15FN2/c1-15-13-4-2-3-9-16(13)10-11-5-7-12(14)8-6-11/h3-9,15H,2,10H2,1H3. The molecule has 1 aromatic carbocycles. The Morgan fingerprint density at radius 2 is 2.06 bits per heavy atom. The molecule has 1 aliphatic rings. The molecule has 1 aliphatic heterocycles. The minimum absolute atomic E-state index is 0.192. The number of nitrogens with one attached hydrogen (secondary N) is 1. The van der Waals surface area contributed by atoms with Gasteiger partial charge < -0.3 is 10.2 Å². The Hall–Kier alpha value is -1.77. The number of allylic oxidation sites excluding steroid dienone is 2. The fourth-order valence-corrected chi connectivity index (χ4v) is 1.74. The Labute approximate surface area is 95.1 Å². The van der Waals surface area contributed by atoms with Gasteiger partial charge in [0.15, 0.2) is 0 Å². The highest BCUT2D eigenvalue weighted by Gasteiger charge is 2.08. The first-order valence-corrected chi connectivity index (χ1v) is 5.35. The van der Waals surface area contributed by atoms with E-state index in [2.05, 4.69) is 28.6 Å². The third-order valence-corrected chi connectivity index (χ3v) is 2.56. The molecule has 84 valence electrons. The number of benzene rings is 1. The number of halogens is 1. The van der Waals surface area contributed by atoms with Crippen molar-refractivity contribution in [3.8, 4) is 0 Å². The number of nitrogens with zero attached hydrogens (tertiary/aromatic N) is 1. The summed E-state index contributed by atoms with van der Waals surface area (Å²) in [5.41, 5.74) is 1.09. The summed E-state index contributed by atoms with van der Waals surface area (Å²) in [5, 5.41) is 3.15. The van der Waals surface area contributed by atoms with Crippen LogP contribution in [0.4, 0.5) is 4.39 Å². The Balaban J connectivity index is 2.08. The van der Waals surface area contributed by atoms with Crippen LogP contribution in [0.3, 0.4) is 0 Å². The largest absolute Gasteiger partial charge is 0.375 e. The SMILES string of the molecule is CNC1=CCC=CN1Cc1ccc(F)cc1. The summed E-state index contributed by atoms with van der Waals surface area (Å²) in [4.78, 5) is 2.11. The van der Waals surface area contributed by atoms with Gasteiger partial charge in [0.05, 0.1) is 0 Å². The molecule has 0 spiro atoms. The lowest BCUT2D eigenvalue weighted by Gasteiger charge is -2.25. The highest BCUT2D eigenvalue weighted by molar-refractivity contribution is 5.19. The third-order valence-electron chi connectivity index (χ3n) is 2.56. The van der Waals surface area contributed by atoms with Crippen LogP contribution in [0.2, 0.25) is 0 Å². The molecule has 0 aromatic heterocycles. The fourth-order valence-electron chi connectivity index (χ4n) is 1.74. The lowest BCUT2D eigenvalue weighted by atomic mass is 10.2. The molecule has 0 unspecified atom stereocenters. The smallest absolute Gasteiger partial charge is 0.123 e. The molecule has 16 heavy (non-hydrogen) atoms. The topological polar surface area (TPSA) is 15.3 Å². The van der Waals surface area contributed by atoms with Gasteiger partial charge in [-0.25, -0.2) is 4.39 Å². The average Bonchev–Trinajstić information content (AvgIpc) is 2.33. The summed E-state index contributed by atoms with van der Waals surface area (Å²) in [6.45, 7) is 0.753. The lowest BCUT2D eigenvalue weighted by molar-refractivity contribution is 0.420. The second-order valence-corrected chi connectivity index (χ2v) is 3.71. The molecule has 0 saturated carbocycles. The Morgan fingerprint density at radius 3 is 2.75 bits per heavy atom. The third kappa shape index (κ3) is 2.42. The molecular formula is C13H15FN2. The van der Waals surface area contributed by atoms with Gasteiger partial charge in [-0.15, -0.1) is 0 Å². The normalized spacial score (nSPS) is 14.9. The van der Waals surface area contributed by atoms with Crippen molar-refractivity contribution in [1.29, 1.82) is 0 Å². The molecule has 3 heteroatoms. The van der Waals surface area contributed by atoms with E-state index in [1.165, 1.54) is 12.1 Å². The number of rotatable bonds is 3. The monoisotopic (exact) mass is 218 g/mol. The molecule has 0 aliphatic carbocycles. The summed E-state index contributed by atoms with van der Waals surface area (Å²) in [6, 6.07) is 6.60. The highest BCUT2D eigenvalue weighted by Crippen LogP contribution is 2.14. The van der Waals surface area contributed by atoms with Crippen LogP contribution in [0.1, 0.15) is 12.0 Å². The van der Waals surface area contributed by atoms with E-state index in [-0.39, 0.29) is 5.82 Å². The van der Waals surface area contributed by atoms with E-state index in [0.29, 0.717) is 0 Å². The Morgan fingerprint density at radius 1 is 1.31 bits per heavy atom. The van der Waals surface area contributed by atoms with Crippen LogP contribution in [0, 0.1) is 5.82 Å². The first kappa shape index (κ1) is 10.7. The second-order valence-electron chi connectivity index (χ2n) is 3.71. The van der Waals surface area contributed by atoms with Crippen molar-refractivity contribution in [1.82, 2.24) is 10.2 Å². The van der Waals surface area contributed by atoms with E-state index in [1.54, 1.807) is 0 Å². The minimum Gasteiger partial charge on any atom is -0.375 e. The van der Waals surface area contributed by atoms with Crippen LogP contribution >= 0.6 is 0 Å². The van der Waals surface area contributed by atoms with E-state index < -0.39 is 0 Å². The van der Waals surface area contributed by atoms with Gasteiger partial charge in [-0.1, -0.05) is 18.2 Å². The zero-order valence-corrected chi connectivity index (χ0v) is 9.28. The van der Waals surface area contributed by atoms with Crippen LogP contribution in [0.15, 0.2) is 48.4 Å². The van der Waals surface area contributed by atoms with Crippen LogP contribution in [-0.2, 0) is 6.54 Å². The Bertz CT molecular complexity index is 406. The maximum Gasteiger partial charge on any atom is 0.123 e. The van der Waals surface area contributed by atoms with E-state index in [1.807, 2.05) is 19.2 Å². The summed E-state index contributed by atoms with van der Waals surface area (Å²) < 4.78 is 12.8. The molecule has 0 saturated heterocycles. The summed E-state index contributed by atoms with van der Waals surface area (Å²) in [6.07, 6.45) is 7.24. The van der Waals surface area contributed by atoms with Crippen molar-refractivity contribution in [3.05, 3.63) is 59.8 Å². The Kier molecular flexibility index (Phi) is 3.25. The average molecular weight is 218 g/mol. The van der Waals surface area contributed by atoms with Gasteiger partial charge in [0, 0.05) is 19.8 Å². The predicted molar refractivity (Wildman–Crippen MR) is 62.8 cm³/mol. The van der Waals surface area contributed by atoms with Gasteiger partial charge in [0.1, 0.15) is 11.6 Å².